The van der Waals surface area contributed by atoms with Gasteiger partial charge in [-0.2, -0.15) is 0 Å². The third-order valence-electron chi connectivity index (χ3n) is 4.19. The molecule has 0 unspecified atom stereocenters. The van der Waals surface area contributed by atoms with E-state index in [2.05, 4.69) is 10.0 Å². The Hall–Kier alpha value is -2.61. The number of hydrogen-bond acceptors (Lipinski definition) is 4. The molecule has 0 bridgehead atoms. The maximum Gasteiger partial charge on any atom is 0.229 e. The molecule has 2 aromatic carbocycles. The van der Waals surface area contributed by atoms with Gasteiger partial charge in [0.1, 0.15) is 11.6 Å². The molecule has 1 saturated carbocycles. The molecule has 1 fully saturated rings. The molecule has 1 aliphatic carbocycles. The van der Waals surface area contributed by atoms with Crippen LogP contribution in [0.15, 0.2) is 42.5 Å². The van der Waals surface area contributed by atoms with Crippen molar-refractivity contribution in [2.45, 2.75) is 12.3 Å². The molecule has 2 atom stereocenters. The molecule has 3 rings (SSSR count). The normalized spacial score (nSPS) is 18.9. The van der Waals surface area contributed by atoms with E-state index in [1.54, 1.807) is 24.3 Å². The molecule has 2 N–H and O–H groups in total. The zero-order chi connectivity index (χ0) is 18.9. The van der Waals surface area contributed by atoms with Gasteiger partial charge in [0.05, 0.1) is 19.1 Å². The smallest absolute Gasteiger partial charge is 0.229 e. The lowest BCUT2D eigenvalue weighted by Gasteiger charge is -2.12. The number of hydrogen-bond donors (Lipinski definition) is 2. The lowest BCUT2D eigenvalue weighted by Crippen LogP contribution is -2.15. The summed E-state index contributed by atoms with van der Waals surface area (Å²) in [6, 6.07) is 10.9. The van der Waals surface area contributed by atoms with Crippen LogP contribution in [0.25, 0.3) is 0 Å². The summed E-state index contributed by atoms with van der Waals surface area (Å²) in [4.78, 5) is 12.4. The average molecular weight is 378 g/mol. The van der Waals surface area contributed by atoms with Crippen molar-refractivity contribution >= 4 is 27.3 Å². The van der Waals surface area contributed by atoms with Crippen LogP contribution < -0.4 is 14.8 Å². The summed E-state index contributed by atoms with van der Waals surface area (Å²) in [6.07, 6.45) is 1.73. The first-order valence-corrected chi connectivity index (χ1v) is 9.88. The highest BCUT2D eigenvalue weighted by molar-refractivity contribution is 7.92. The minimum absolute atomic E-state index is 0.0717. The Labute approximate surface area is 151 Å². The van der Waals surface area contributed by atoms with E-state index in [0.29, 0.717) is 17.9 Å². The van der Waals surface area contributed by atoms with Gasteiger partial charge in [-0.15, -0.1) is 0 Å². The van der Waals surface area contributed by atoms with Crippen molar-refractivity contribution in [2.75, 3.05) is 23.4 Å². The molecule has 0 spiro atoms. The van der Waals surface area contributed by atoms with E-state index in [1.165, 1.54) is 25.3 Å². The first-order valence-electron chi connectivity index (χ1n) is 7.99. The first-order chi connectivity index (χ1) is 12.3. The second-order valence-electron chi connectivity index (χ2n) is 6.28. The van der Waals surface area contributed by atoms with Crippen molar-refractivity contribution in [3.63, 3.8) is 0 Å². The zero-order valence-electron chi connectivity index (χ0n) is 14.3. The Balaban J connectivity index is 1.70. The predicted octanol–water partition coefficient (Wildman–Crippen LogP) is 2.95. The highest BCUT2D eigenvalue weighted by atomic mass is 32.2. The number of ether oxygens (including phenoxy) is 1. The number of nitrogens with one attached hydrogen (secondary N) is 2. The largest absolute Gasteiger partial charge is 0.495 e. The molecular formula is C18H19FN2O4S. The number of halogens is 1. The van der Waals surface area contributed by atoms with Crippen LogP contribution in [0.2, 0.25) is 0 Å². The van der Waals surface area contributed by atoms with Gasteiger partial charge in [0.25, 0.3) is 0 Å². The summed E-state index contributed by atoms with van der Waals surface area (Å²) >= 11 is 0. The van der Waals surface area contributed by atoms with Gasteiger partial charge in [0.15, 0.2) is 0 Å². The lowest BCUT2D eigenvalue weighted by molar-refractivity contribution is -0.117. The van der Waals surface area contributed by atoms with E-state index in [9.17, 15) is 17.6 Å². The minimum atomic E-state index is -3.48. The number of rotatable bonds is 6. The van der Waals surface area contributed by atoms with Crippen molar-refractivity contribution in [1.82, 2.24) is 0 Å². The van der Waals surface area contributed by atoms with E-state index in [-0.39, 0.29) is 29.2 Å². The third-order valence-corrected chi connectivity index (χ3v) is 4.78. The molecular weight excluding hydrogens is 359 g/mol. The molecule has 0 aliphatic heterocycles. The van der Waals surface area contributed by atoms with Gasteiger partial charge in [0.2, 0.25) is 15.9 Å². The minimum Gasteiger partial charge on any atom is -0.495 e. The SMILES string of the molecule is COc1ccc(NC(=O)[C@H]2C[C@@H]2c2ccc(F)cc2)cc1NS(C)(=O)=O. The van der Waals surface area contributed by atoms with Gasteiger partial charge >= 0.3 is 0 Å². The summed E-state index contributed by atoms with van der Waals surface area (Å²) in [5.74, 6) is -0.227. The van der Waals surface area contributed by atoms with Crippen molar-refractivity contribution in [1.29, 1.82) is 0 Å². The van der Waals surface area contributed by atoms with Crippen LogP contribution >= 0.6 is 0 Å². The Morgan fingerprint density at radius 3 is 2.50 bits per heavy atom. The molecule has 6 nitrogen and oxygen atoms in total. The number of carbonyl (C=O) groups is 1. The second kappa shape index (κ2) is 6.95. The summed E-state index contributed by atoms with van der Waals surface area (Å²) < 4.78 is 43.4. The number of sulfonamides is 1. The summed E-state index contributed by atoms with van der Waals surface area (Å²) in [6.45, 7) is 0. The Morgan fingerprint density at radius 1 is 1.19 bits per heavy atom. The Morgan fingerprint density at radius 2 is 1.88 bits per heavy atom. The third kappa shape index (κ3) is 4.32. The van der Waals surface area contributed by atoms with Crippen LogP contribution in [0, 0.1) is 11.7 Å². The molecule has 26 heavy (non-hydrogen) atoms. The van der Waals surface area contributed by atoms with Crippen molar-refractivity contribution in [3.8, 4) is 5.75 Å². The van der Waals surface area contributed by atoms with Crippen LogP contribution in [0.1, 0.15) is 17.9 Å². The molecule has 2 aromatic rings. The van der Waals surface area contributed by atoms with Gasteiger partial charge in [-0.1, -0.05) is 12.1 Å². The van der Waals surface area contributed by atoms with Gasteiger partial charge in [-0.3, -0.25) is 9.52 Å². The molecule has 0 heterocycles. The van der Waals surface area contributed by atoms with Crippen LogP contribution in [0.4, 0.5) is 15.8 Å². The van der Waals surface area contributed by atoms with Gasteiger partial charge in [-0.25, -0.2) is 12.8 Å². The van der Waals surface area contributed by atoms with E-state index in [1.807, 2.05) is 0 Å². The number of carbonyl (C=O) groups excluding carboxylic acids is 1. The summed E-state index contributed by atoms with van der Waals surface area (Å²) in [7, 11) is -2.05. The highest BCUT2D eigenvalue weighted by Crippen LogP contribution is 2.48. The van der Waals surface area contributed by atoms with E-state index in [4.69, 9.17) is 4.74 Å². The molecule has 0 aromatic heterocycles. The van der Waals surface area contributed by atoms with Crippen LogP contribution in [-0.2, 0) is 14.8 Å². The Kier molecular flexibility index (Phi) is 4.86. The molecule has 8 heteroatoms. The quantitative estimate of drug-likeness (QED) is 0.809. The Bertz CT molecular complexity index is 929. The maximum atomic E-state index is 13.0. The zero-order valence-corrected chi connectivity index (χ0v) is 15.1. The lowest BCUT2D eigenvalue weighted by atomic mass is 10.1. The van der Waals surface area contributed by atoms with Gasteiger partial charge in [-0.05, 0) is 48.2 Å². The van der Waals surface area contributed by atoms with Crippen LogP contribution in [-0.4, -0.2) is 27.7 Å². The predicted molar refractivity (Wildman–Crippen MR) is 97.3 cm³/mol. The number of benzene rings is 2. The summed E-state index contributed by atoms with van der Waals surface area (Å²) in [5.41, 5.74) is 1.64. The van der Waals surface area contributed by atoms with Crippen molar-refractivity contribution in [2.24, 2.45) is 5.92 Å². The summed E-state index contributed by atoms with van der Waals surface area (Å²) in [5, 5.41) is 2.79. The fraction of sp³-hybridized carbons (Fsp3) is 0.278. The monoisotopic (exact) mass is 378 g/mol. The van der Waals surface area contributed by atoms with Gasteiger partial charge < -0.3 is 10.1 Å². The standard InChI is InChI=1S/C18H19FN2O4S/c1-25-17-8-7-13(9-16(17)21-26(2,23)24)20-18(22)15-10-14(15)11-3-5-12(19)6-4-11/h3-9,14-15,21H,10H2,1-2H3,(H,20,22)/t14-,15+/m1/s1. The number of amides is 1. The second-order valence-corrected chi connectivity index (χ2v) is 8.03. The van der Waals surface area contributed by atoms with Crippen LogP contribution in [0.3, 0.4) is 0 Å². The molecule has 1 amide bonds. The average Bonchev–Trinajstić information content (AvgIpc) is 3.35. The van der Waals surface area contributed by atoms with Crippen molar-refractivity contribution < 1.29 is 22.3 Å². The van der Waals surface area contributed by atoms with Crippen LogP contribution in [0.5, 0.6) is 5.75 Å². The number of anilines is 2. The highest BCUT2D eigenvalue weighted by Gasteiger charge is 2.43. The molecule has 0 saturated heterocycles. The number of methoxy groups -OCH3 is 1. The molecule has 138 valence electrons. The molecule has 1 aliphatic rings. The first kappa shape index (κ1) is 18.2. The fourth-order valence-corrected chi connectivity index (χ4v) is 3.42. The topological polar surface area (TPSA) is 84.5 Å². The van der Waals surface area contributed by atoms with E-state index < -0.39 is 10.0 Å². The molecule has 0 radical (unpaired) electrons. The maximum absolute atomic E-state index is 13.0. The van der Waals surface area contributed by atoms with E-state index >= 15 is 0 Å². The fourth-order valence-electron chi connectivity index (χ4n) is 2.86. The van der Waals surface area contributed by atoms with E-state index in [0.717, 1.165) is 11.8 Å². The van der Waals surface area contributed by atoms with Crippen molar-refractivity contribution in [3.05, 3.63) is 53.8 Å². The van der Waals surface area contributed by atoms with Gasteiger partial charge in [0, 0.05) is 11.6 Å².